The Hall–Kier alpha value is -2.99. The molecular formula is C33H37BrClN5O4S. The van der Waals surface area contributed by atoms with E-state index in [1.54, 1.807) is 12.1 Å². The second kappa shape index (κ2) is 13.8. The van der Waals surface area contributed by atoms with Gasteiger partial charge in [0.1, 0.15) is 5.75 Å². The number of halogens is 2. The molecule has 2 aromatic carbocycles. The minimum Gasteiger partial charge on any atom is -0.425 e. The van der Waals surface area contributed by atoms with Gasteiger partial charge in [0.2, 0.25) is 5.91 Å². The summed E-state index contributed by atoms with van der Waals surface area (Å²) in [5.41, 5.74) is 4.83. The second-order valence-electron chi connectivity index (χ2n) is 12.0. The van der Waals surface area contributed by atoms with Crippen LogP contribution in [-0.4, -0.2) is 85.6 Å². The highest BCUT2D eigenvalue weighted by molar-refractivity contribution is 9.10. The maximum absolute atomic E-state index is 13.5. The summed E-state index contributed by atoms with van der Waals surface area (Å²) in [7, 11) is -3.65. The number of piperidine rings is 1. The predicted molar refractivity (Wildman–Crippen MR) is 179 cm³/mol. The Bertz CT molecular complexity index is 1620. The van der Waals surface area contributed by atoms with Crippen molar-refractivity contribution in [2.75, 3.05) is 45.5 Å². The molecule has 6 rings (SSSR count). The van der Waals surface area contributed by atoms with Gasteiger partial charge >= 0.3 is 6.02 Å². The summed E-state index contributed by atoms with van der Waals surface area (Å²) in [6, 6.07) is 17.5. The number of rotatable bonds is 5. The molecular weight excluding hydrogens is 678 g/mol. The van der Waals surface area contributed by atoms with Crippen LogP contribution in [0, 0.1) is 5.92 Å². The van der Waals surface area contributed by atoms with Crippen LogP contribution >= 0.6 is 27.5 Å². The summed E-state index contributed by atoms with van der Waals surface area (Å²) < 4.78 is 34.7. The van der Waals surface area contributed by atoms with Crippen LogP contribution in [0.25, 0.3) is 0 Å². The number of piperazine rings is 1. The minimum atomic E-state index is -3.65. The summed E-state index contributed by atoms with van der Waals surface area (Å²) in [6.45, 7) is 3.99. The molecule has 3 aliphatic rings. The highest BCUT2D eigenvalue weighted by Crippen LogP contribution is 2.38. The molecule has 238 valence electrons. The minimum absolute atomic E-state index is 0.0188. The molecule has 1 amide bonds. The molecule has 12 heteroatoms. The first-order valence-electron chi connectivity index (χ1n) is 15.4. The van der Waals surface area contributed by atoms with Gasteiger partial charge in [0.05, 0.1) is 18.0 Å². The number of ether oxygens (including phenoxy) is 1. The van der Waals surface area contributed by atoms with Gasteiger partial charge in [0.15, 0.2) is 0 Å². The number of sulfonamides is 1. The lowest BCUT2D eigenvalue weighted by Crippen LogP contribution is -2.50. The monoisotopic (exact) mass is 713 g/mol. The van der Waals surface area contributed by atoms with Crippen LogP contribution in [0.15, 0.2) is 69.7 Å². The Morgan fingerprint density at radius 3 is 2.40 bits per heavy atom. The van der Waals surface area contributed by atoms with E-state index < -0.39 is 10.0 Å². The first-order chi connectivity index (χ1) is 21.6. The number of aryl methyl sites for hydroxylation is 2. The van der Waals surface area contributed by atoms with E-state index in [4.69, 9.17) is 21.3 Å². The Morgan fingerprint density at radius 1 is 0.978 bits per heavy atom. The molecule has 0 saturated carbocycles. The lowest BCUT2D eigenvalue weighted by Gasteiger charge is -2.40. The third-order valence-electron chi connectivity index (χ3n) is 8.87. The number of para-hydroxylation sites is 1. The average Bonchev–Trinajstić information content (AvgIpc) is 3.17. The molecule has 1 aliphatic carbocycles. The molecule has 1 unspecified atom stereocenters. The number of benzene rings is 2. The number of amides is 1. The molecule has 0 radical (unpaired) electrons. The van der Waals surface area contributed by atoms with Crippen LogP contribution in [0.3, 0.4) is 0 Å². The topological polar surface area (TPSA) is 95.4 Å². The van der Waals surface area contributed by atoms with Gasteiger partial charge in [-0.05, 0) is 94.6 Å². The number of fused-ring (bicyclic) bond motifs is 2. The summed E-state index contributed by atoms with van der Waals surface area (Å²) in [6.07, 6.45) is 6.75. The van der Waals surface area contributed by atoms with Gasteiger partial charge in [-0.2, -0.15) is 0 Å². The smallest absolute Gasteiger partial charge is 0.308 e. The first kappa shape index (κ1) is 32.0. The lowest BCUT2D eigenvalue weighted by molar-refractivity contribution is -0.134. The number of amidine groups is 1. The molecule has 3 aromatic rings. The molecule has 2 fully saturated rings. The molecule has 1 atom stereocenters. The number of nitrogens with zero attached hydrogens (tertiary/aromatic N) is 5. The van der Waals surface area contributed by atoms with E-state index in [1.165, 1.54) is 16.7 Å². The number of hydrogen-bond acceptors (Lipinski definition) is 6. The lowest BCUT2D eigenvalue weighted by atomic mass is 9.93. The van der Waals surface area contributed by atoms with Crippen LogP contribution in [0.2, 0.25) is 5.02 Å². The van der Waals surface area contributed by atoms with Gasteiger partial charge in [-0.1, -0.05) is 35.9 Å². The highest BCUT2D eigenvalue weighted by atomic mass is 79.9. The zero-order chi connectivity index (χ0) is 31.6. The summed E-state index contributed by atoms with van der Waals surface area (Å²) in [5, 5.41) is 0.747. The van der Waals surface area contributed by atoms with Gasteiger partial charge in [0.25, 0.3) is 10.0 Å². The fourth-order valence-corrected chi connectivity index (χ4v) is 7.60. The zero-order valence-corrected chi connectivity index (χ0v) is 28.4. The molecule has 1 aromatic heterocycles. The number of likely N-dealkylation sites (tertiary alicyclic amines) is 1. The Morgan fingerprint density at radius 2 is 1.69 bits per heavy atom. The van der Waals surface area contributed by atoms with Crippen molar-refractivity contribution in [3.05, 3.63) is 92.7 Å². The Kier molecular flexibility index (Phi) is 9.79. The van der Waals surface area contributed by atoms with Crippen molar-refractivity contribution in [3.8, 4) is 5.75 Å². The number of aromatic nitrogens is 1. The number of pyridine rings is 1. The average molecular weight is 715 g/mol. The van der Waals surface area contributed by atoms with Gasteiger partial charge in [-0.3, -0.25) is 14.7 Å². The standard InChI is InChI=1S/C33H37BrClN5O4S/c1-45(42,43)37-33(44-28-5-3-2-4-6-28)40-13-11-23(12-14-40)19-30(41)38-15-17-39(18-16-38)32-29-10-9-27(35)21-24(29)7-8-25-20-26(34)22-36-31(25)32/h2-6,9-10,20-23,32H,7-8,11-19H2,1H3/b37-33-. The summed E-state index contributed by atoms with van der Waals surface area (Å²) in [4.78, 5) is 24.7. The van der Waals surface area contributed by atoms with Crippen molar-refractivity contribution in [2.24, 2.45) is 10.3 Å². The van der Waals surface area contributed by atoms with Gasteiger partial charge in [-0.25, -0.2) is 8.42 Å². The highest BCUT2D eigenvalue weighted by Gasteiger charge is 2.34. The predicted octanol–water partition coefficient (Wildman–Crippen LogP) is 5.33. The van der Waals surface area contributed by atoms with Crippen LogP contribution in [0.5, 0.6) is 5.75 Å². The van der Waals surface area contributed by atoms with Crippen molar-refractivity contribution < 1.29 is 17.9 Å². The molecule has 0 bridgehead atoms. The first-order valence-corrected chi connectivity index (χ1v) is 18.4. The molecule has 3 heterocycles. The maximum atomic E-state index is 13.5. The van der Waals surface area contributed by atoms with Crippen molar-refractivity contribution in [1.29, 1.82) is 0 Å². The molecule has 9 nitrogen and oxygen atoms in total. The summed E-state index contributed by atoms with van der Waals surface area (Å²) >= 11 is 9.99. The van der Waals surface area contributed by atoms with Gasteiger partial charge < -0.3 is 14.5 Å². The van der Waals surface area contributed by atoms with E-state index in [-0.39, 0.29) is 23.9 Å². The maximum Gasteiger partial charge on any atom is 0.308 e. The number of carbonyl (C=O) groups is 1. The Labute approximate surface area is 278 Å². The molecule has 2 saturated heterocycles. The van der Waals surface area contributed by atoms with Crippen molar-refractivity contribution in [3.63, 3.8) is 0 Å². The van der Waals surface area contributed by atoms with Gasteiger partial charge in [-0.15, -0.1) is 4.40 Å². The van der Waals surface area contributed by atoms with Gasteiger partial charge in [0, 0.05) is 61.4 Å². The van der Waals surface area contributed by atoms with E-state index >= 15 is 0 Å². The quantitative estimate of drug-likeness (QED) is 0.261. The fraction of sp³-hybridized carbons (Fsp3) is 0.424. The molecule has 2 aliphatic heterocycles. The molecule has 0 spiro atoms. The van der Waals surface area contributed by atoms with Crippen LogP contribution in [-0.2, 0) is 27.7 Å². The largest absolute Gasteiger partial charge is 0.425 e. The van der Waals surface area contributed by atoms with E-state index in [1.807, 2.05) is 40.3 Å². The number of hydrogen-bond donors (Lipinski definition) is 0. The van der Waals surface area contributed by atoms with Crippen LogP contribution in [0.1, 0.15) is 47.7 Å². The van der Waals surface area contributed by atoms with Crippen molar-refractivity contribution in [1.82, 2.24) is 19.7 Å². The molecule has 0 N–H and O–H groups in total. The summed E-state index contributed by atoms with van der Waals surface area (Å²) in [5.74, 6) is 0.921. The van der Waals surface area contributed by atoms with Crippen molar-refractivity contribution in [2.45, 2.75) is 38.1 Å². The molecule has 45 heavy (non-hydrogen) atoms. The second-order valence-corrected chi connectivity index (χ2v) is 15.0. The van der Waals surface area contributed by atoms with E-state index in [9.17, 15) is 13.2 Å². The Balaban J connectivity index is 1.07. The van der Waals surface area contributed by atoms with E-state index in [0.29, 0.717) is 38.3 Å². The fourth-order valence-electron chi connectivity index (χ4n) is 6.59. The third kappa shape index (κ3) is 7.88. The van der Waals surface area contributed by atoms with E-state index in [2.05, 4.69) is 43.4 Å². The van der Waals surface area contributed by atoms with E-state index in [0.717, 1.165) is 60.2 Å². The number of carbonyl (C=O) groups excluding carboxylic acids is 1. The van der Waals surface area contributed by atoms with Crippen molar-refractivity contribution >= 4 is 49.5 Å². The van der Waals surface area contributed by atoms with Crippen LogP contribution < -0.4 is 4.74 Å². The SMILES string of the molecule is CS(=O)(=O)/N=C(\Oc1ccccc1)N1CCC(CC(=O)N2CCN(C3c4ccc(Cl)cc4CCc4cc(Br)cnc43)CC2)CC1. The van der Waals surface area contributed by atoms with Crippen LogP contribution in [0.4, 0.5) is 0 Å². The zero-order valence-electron chi connectivity index (χ0n) is 25.2. The third-order valence-corrected chi connectivity index (χ3v) is 10.0. The normalized spacial score (nSPS) is 19.9.